The number of rotatable bonds is 2. The summed E-state index contributed by atoms with van der Waals surface area (Å²) in [6.07, 6.45) is 6.06. The molecule has 0 spiro atoms. The summed E-state index contributed by atoms with van der Waals surface area (Å²) in [6.45, 7) is 0.729. The van der Waals surface area contributed by atoms with Gasteiger partial charge >= 0.3 is 0 Å². The van der Waals surface area contributed by atoms with Crippen molar-refractivity contribution in [3.63, 3.8) is 0 Å². The summed E-state index contributed by atoms with van der Waals surface area (Å²) in [7, 11) is 0. The first kappa shape index (κ1) is 14.4. The summed E-state index contributed by atoms with van der Waals surface area (Å²) >= 11 is 0. The quantitative estimate of drug-likeness (QED) is 0.926. The third kappa shape index (κ3) is 2.54. The maximum Gasteiger partial charge on any atom is 0.226 e. The second-order valence-electron chi connectivity index (χ2n) is 6.52. The maximum absolute atomic E-state index is 14.1. The van der Waals surface area contributed by atoms with Gasteiger partial charge in [0.1, 0.15) is 5.82 Å². The Balaban J connectivity index is 1.55. The van der Waals surface area contributed by atoms with Crippen LogP contribution in [0.1, 0.15) is 42.1 Å². The number of carbonyl (C=O) groups is 1. The van der Waals surface area contributed by atoms with Crippen LogP contribution >= 0.6 is 0 Å². The highest BCUT2D eigenvalue weighted by Crippen LogP contribution is 2.36. The largest absolute Gasteiger partial charge is 0.335 e. The second-order valence-corrected chi connectivity index (χ2v) is 6.52. The van der Waals surface area contributed by atoms with Crippen molar-refractivity contribution in [2.45, 2.75) is 38.1 Å². The van der Waals surface area contributed by atoms with Gasteiger partial charge in [-0.05, 0) is 43.7 Å². The lowest BCUT2D eigenvalue weighted by molar-refractivity contribution is -0.136. The molecule has 5 heteroatoms. The molecule has 0 radical (unpaired) electrons. The van der Waals surface area contributed by atoms with Crippen LogP contribution in [0.15, 0.2) is 30.5 Å². The van der Waals surface area contributed by atoms with Gasteiger partial charge in [-0.1, -0.05) is 18.2 Å². The van der Waals surface area contributed by atoms with Crippen molar-refractivity contribution in [2.75, 3.05) is 6.54 Å². The van der Waals surface area contributed by atoms with E-state index in [1.165, 1.54) is 6.07 Å². The smallest absolute Gasteiger partial charge is 0.226 e. The molecule has 1 N–H and O–H groups in total. The van der Waals surface area contributed by atoms with Crippen molar-refractivity contribution in [2.24, 2.45) is 5.92 Å². The highest BCUT2D eigenvalue weighted by molar-refractivity contribution is 5.80. The number of carbonyl (C=O) groups excluding carboxylic acids is 1. The van der Waals surface area contributed by atoms with Crippen LogP contribution in [-0.4, -0.2) is 27.5 Å². The molecule has 2 unspecified atom stereocenters. The van der Waals surface area contributed by atoms with Gasteiger partial charge < -0.3 is 4.90 Å². The Bertz CT molecular complexity index is 727. The molecular weight excluding hydrogens is 293 g/mol. The summed E-state index contributed by atoms with van der Waals surface area (Å²) in [5.74, 6) is -0.0481. The molecule has 1 aliphatic carbocycles. The SMILES string of the molecule is O=C(C1CCc2[nH]ncc2C1)N1CCCC1c1ccccc1F. The Morgan fingerprint density at radius 1 is 1.30 bits per heavy atom. The first-order valence-corrected chi connectivity index (χ1v) is 8.30. The fourth-order valence-electron chi connectivity index (χ4n) is 3.96. The molecule has 0 bridgehead atoms. The van der Waals surface area contributed by atoms with Crippen LogP contribution in [0, 0.1) is 11.7 Å². The fourth-order valence-corrected chi connectivity index (χ4v) is 3.96. The van der Waals surface area contributed by atoms with E-state index >= 15 is 0 Å². The Labute approximate surface area is 134 Å². The van der Waals surface area contributed by atoms with Crippen molar-refractivity contribution in [1.29, 1.82) is 0 Å². The third-order valence-corrected chi connectivity index (χ3v) is 5.17. The summed E-state index contributed by atoms with van der Waals surface area (Å²) in [5, 5.41) is 7.07. The van der Waals surface area contributed by atoms with Crippen LogP contribution in [0.3, 0.4) is 0 Å². The molecule has 1 amide bonds. The van der Waals surface area contributed by atoms with E-state index < -0.39 is 0 Å². The minimum Gasteiger partial charge on any atom is -0.335 e. The molecule has 1 fully saturated rings. The molecule has 4 rings (SSSR count). The molecule has 2 aliphatic rings. The molecule has 1 aromatic carbocycles. The van der Waals surface area contributed by atoms with E-state index in [1.807, 2.05) is 17.2 Å². The maximum atomic E-state index is 14.1. The number of halogens is 1. The normalized spacial score (nSPS) is 23.8. The number of nitrogens with one attached hydrogen (secondary N) is 1. The highest BCUT2D eigenvalue weighted by atomic mass is 19.1. The van der Waals surface area contributed by atoms with Gasteiger partial charge in [-0.15, -0.1) is 0 Å². The number of aromatic nitrogens is 2. The molecule has 120 valence electrons. The number of hydrogen-bond acceptors (Lipinski definition) is 2. The number of benzene rings is 1. The average molecular weight is 313 g/mol. The summed E-state index contributed by atoms with van der Waals surface area (Å²) in [5.41, 5.74) is 2.95. The minimum absolute atomic E-state index is 0.00697. The molecule has 2 heterocycles. The van der Waals surface area contributed by atoms with Crippen LogP contribution < -0.4 is 0 Å². The van der Waals surface area contributed by atoms with Crippen LogP contribution in [0.4, 0.5) is 4.39 Å². The lowest BCUT2D eigenvalue weighted by Crippen LogP contribution is -2.38. The first-order valence-electron chi connectivity index (χ1n) is 8.30. The molecule has 4 nitrogen and oxygen atoms in total. The fraction of sp³-hybridized carbons (Fsp3) is 0.444. The number of aryl methyl sites for hydroxylation is 1. The number of fused-ring (bicyclic) bond motifs is 1. The molecule has 23 heavy (non-hydrogen) atoms. The van der Waals surface area contributed by atoms with E-state index in [0.717, 1.165) is 49.9 Å². The van der Waals surface area contributed by atoms with Gasteiger partial charge in [0.2, 0.25) is 5.91 Å². The van der Waals surface area contributed by atoms with Crippen LogP contribution in [0.5, 0.6) is 0 Å². The number of nitrogens with zero attached hydrogens (tertiary/aromatic N) is 2. The predicted octanol–water partition coefficient (Wildman–Crippen LogP) is 3.02. The second kappa shape index (κ2) is 5.80. The van der Waals surface area contributed by atoms with Crippen molar-refractivity contribution < 1.29 is 9.18 Å². The predicted molar refractivity (Wildman–Crippen MR) is 84.2 cm³/mol. The molecule has 0 saturated carbocycles. The molecule has 2 atom stereocenters. The zero-order valence-corrected chi connectivity index (χ0v) is 13.0. The Hall–Kier alpha value is -2.17. The van der Waals surface area contributed by atoms with Crippen molar-refractivity contribution in [3.05, 3.63) is 53.1 Å². The molecule has 2 aromatic rings. The number of amides is 1. The van der Waals surface area contributed by atoms with Crippen molar-refractivity contribution in [3.8, 4) is 0 Å². The monoisotopic (exact) mass is 313 g/mol. The van der Waals surface area contributed by atoms with Crippen molar-refractivity contribution >= 4 is 5.91 Å². The lowest BCUT2D eigenvalue weighted by Gasteiger charge is -2.31. The van der Waals surface area contributed by atoms with E-state index in [-0.39, 0.29) is 23.7 Å². The first-order chi connectivity index (χ1) is 11.2. The molecule has 1 aliphatic heterocycles. The van der Waals surface area contributed by atoms with Gasteiger partial charge in [0.05, 0.1) is 12.2 Å². The van der Waals surface area contributed by atoms with E-state index in [0.29, 0.717) is 5.56 Å². The number of H-pyrrole nitrogens is 1. The van der Waals surface area contributed by atoms with E-state index in [4.69, 9.17) is 0 Å². The summed E-state index contributed by atoms with van der Waals surface area (Å²) in [6, 6.07) is 6.71. The van der Waals surface area contributed by atoms with E-state index in [2.05, 4.69) is 10.2 Å². The molecule has 1 saturated heterocycles. The summed E-state index contributed by atoms with van der Waals surface area (Å²) < 4.78 is 14.1. The number of likely N-dealkylation sites (tertiary alicyclic amines) is 1. The van der Waals surface area contributed by atoms with Gasteiger partial charge in [-0.2, -0.15) is 5.10 Å². The average Bonchev–Trinajstić information content (AvgIpc) is 3.23. The van der Waals surface area contributed by atoms with Crippen molar-refractivity contribution in [1.82, 2.24) is 15.1 Å². The van der Waals surface area contributed by atoms with Crippen LogP contribution in [0.2, 0.25) is 0 Å². The Morgan fingerprint density at radius 3 is 3.04 bits per heavy atom. The topological polar surface area (TPSA) is 49.0 Å². The number of hydrogen-bond donors (Lipinski definition) is 1. The van der Waals surface area contributed by atoms with Gasteiger partial charge in [0, 0.05) is 23.7 Å². The standard InChI is InChI=1S/C18H20FN3O/c19-15-5-2-1-4-14(15)17-6-3-9-22(17)18(23)12-7-8-16-13(10-12)11-20-21-16/h1-2,4-5,11-12,17H,3,6-10H2,(H,20,21). The number of aromatic amines is 1. The third-order valence-electron chi connectivity index (χ3n) is 5.17. The zero-order valence-electron chi connectivity index (χ0n) is 13.0. The van der Waals surface area contributed by atoms with Gasteiger partial charge in [0.25, 0.3) is 0 Å². The zero-order chi connectivity index (χ0) is 15.8. The van der Waals surface area contributed by atoms with E-state index in [9.17, 15) is 9.18 Å². The highest BCUT2D eigenvalue weighted by Gasteiger charge is 2.36. The van der Waals surface area contributed by atoms with Crippen LogP contribution in [0.25, 0.3) is 0 Å². The lowest BCUT2D eigenvalue weighted by atomic mass is 9.86. The molecular formula is C18H20FN3O. The van der Waals surface area contributed by atoms with Crippen LogP contribution in [-0.2, 0) is 17.6 Å². The summed E-state index contributed by atoms with van der Waals surface area (Å²) in [4.78, 5) is 14.9. The van der Waals surface area contributed by atoms with Gasteiger partial charge in [-0.3, -0.25) is 9.89 Å². The van der Waals surface area contributed by atoms with Gasteiger partial charge in [-0.25, -0.2) is 4.39 Å². The van der Waals surface area contributed by atoms with Gasteiger partial charge in [0.15, 0.2) is 0 Å². The van der Waals surface area contributed by atoms with E-state index in [1.54, 1.807) is 12.1 Å². The Kier molecular flexibility index (Phi) is 3.63. The minimum atomic E-state index is -0.210. The Morgan fingerprint density at radius 2 is 2.17 bits per heavy atom. The molecule has 1 aromatic heterocycles.